The molecule has 0 amide bonds. The lowest BCUT2D eigenvalue weighted by molar-refractivity contribution is -0.148. The zero-order valence-corrected chi connectivity index (χ0v) is 10.7. The summed E-state index contributed by atoms with van der Waals surface area (Å²) < 4.78 is 5.16. The minimum Gasteiger partial charge on any atom is -0.466 e. The van der Waals surface area contributed by atoms with E-state index in [2.05, 4.69) is 18.0 Å². The molecule has 1 heterocycles. The maximum absolute atomic E-state index is 12.0. The van der Waals surface area contributed by atoms with E-state index in [9.17, 15) is 4.79 Å². The van der Waals surface area contributed by atoms with Crippen LogP contribution >= 0.6 is 0 Å². The van der Waals surface area contributed by atoms with Crippen molar-refractivity contribution in [1.82, 2.24) is 0 Å². The third-order valence-electron chi connectivity index (χ3n) is 3.29. The Hall–Kier alpha value is -1.77. The standard InChI is InChI=1S/C15H19NO2/c1-3-7-14-12(15(17)18-4-2)10-11-8-5-6-9-13(11)16-14/h3,5-6,8-9,12,14,16H,1,4,7,10H2,2H3/t12-,14-/m0/s1. The van der Waals surface area contributed by atoms with Gasteiger partial charge in [0.2, 0.25) is 0 Å². The summed E-state index contributed by atoms with van der Waals surface area (Å²) in [6, 6.07) is 8.18. The molecule has 0 fully saturated rings. The molecule has 1 N–H and O–H groups in total. The summed E-state index contributed by atoms with van der Waals surface area (Å²) in [5.74, 6) is -0.246. The minimum absolute atomic E-state index is 0.0800. The van der Waals surface area contributed by atoms with Crippen LogP contribution in [0.3, 0.4) is 0 Å². The summed E-state index contributed by atoms with van der Waals surface area (Å²) in [5, 5.41) is 3.42. The Bertz CT molecular complexity index is 442. The molecular formula is C15H19NO2. The molecule has 0 spiro atoms. The highest BCUT2D eigenvalue weighted by molar-refractivity contribution is 5.76. The largest absolute Gasteiger partial charge is 0.466 e. The smallest absolute Gasteiger partial charge is 0.311 e. The van der Waals surface area contributed by atoms with E-state index < -0.39 is 0 Å². The van der Waals surface area contributed by atoms with Gasteiger partial charge in [-0.25, -0.2) is 0 Å². The number of carbonyl (C=O) groups is 1. The Morgan fingerprint density at radius 1 is 1.56 bits per heavy atom. The Morgan fingerprint density at radius 3 is 3.06 bits per heavy atom. The Morgan fingerprint density at radius 2 is 2.33 bits per heavy atom. The molecule has 2 rings (SSSR count). The van der Waals surface area contributed by atoms with Crippen LogP contribution in [0.4, 0.5) is 5.69 Å². The molecule has 0 aromatic heterocycles. The van der Waals surface area contributed by atoms with E-state index in [0.29, 0.717) is 6.61 Å². The first-order valence-electron chi connectivity index (χ1n) is 6.38. The fourth-order valence-corrected chi connectivity index (χ4v) is 2.42. The number of hydrogen-bond acceptors (Lipinski definition) is 3. The number of esters is 1. The molecule has 0 aliphatic carbocycles. The number of nitrogens with one attached hydrogen (secondary N) is 1. The van der Waals surface area contributed by atoms with Crippen LogP contribution in [-0.2, 0) is 16.0 Å². The second-order valence-electron chi connectivity index (χ2n) is 4.50. The van der Waals surface area contributed by atoms with Crippen LogP contribution in [0.2, 0.25) is 0 Å². The number of anilines is 1. The van der Waals surface area contributed by atoms with Crippen molar-refractivity contribution in [3.05, 3.63) is 42.5 Å². The number of fused-ring (bicyclic) bond motifs is 1. The maximum atomic E-state index is 12.0. The number of benzene rings is 1. The van der Waals surface area contributed by atoms with Crippen LogP contribution in [0.5, 0.6) is 0 Å². The number of carbonyl (C=O) groups excluding carboxylic acids is 1. The third-order valence-corrected chi connectivity index (χ3v) is 3.29. The van der Waals surface area contributed by atoms with E-state index in [1.54, 1.807) is 0 Å². The second-order valence-corrected chi connectivity index (χ2v) is 4.50. The molecule has 0 bridgehead atoms. The molecule has 0 radical (unpaired) electrons. The number of ether oxygens (including phenoxy) is 1. The number of hydrogen-bond donors (Lipinski definition) is 1. The highest BCUT2D eigenvalue weighted by Crippen LogP contribution is 2.30. The molecule has 1 aromatic rings. The van der Waals surface area contributed by atoms with E-state index >= 15 is 0 Å². The van der Waals surface area contributed by atoms with Gasteiger partial charge in [0.25, 0.3) is 0 Å². The number of rotatable bonds is 4. The van der Waals surface area contributed by atoms with Gasteiger partial charge in [0, 0.05) is 11.7 Å². The van der Waals surface area contributed by atoms with E-state index in [1.165, 1.54) is 5.56 Å². The lowest BCUT2D eigenvalue weighted by Crippen LogP contribution is -2.40. The summed E-state index contributed by atoms with van der Waals surface area (Å²) in [4.78, 5) is 12.0. The molecular weight excluding hydrogens is 226 g/mol. The van der Waals surface area contributed by atoms with Gasteiger partial charge in [0.1, 0.15) is 0 Å². The highest BCUT2D eigenvalue weighted by Gasteiger charge is 2.33. The van der Waals surface area contributed by atoms with E-state index in [0.717, 1.165) is 18.5 Å². The van der Waals surface area contributed by atoms with Crippen LogP contribution in [0.1, 0.15) is 18.9 Å². The van der Waals surface area contributed by atoms with Gasteiger partial charge in [-0.15, -0.1) is 6.58 Å². The van der Waals surface area contributed by atoms with E-state index in [-0.39, 0.29) is 17.9 Å². The van der Waals surface area contributed by atoms with Crippen LogP contribution in [0, 0.1) is 5.92 Å². The first kappa shape index (κ1) is 12.7. The average Bonchev–Trinajstić information content (AvgIpc) is 2.38. The fourth-order valence-electron chi connectivity index (χ4n) is 2.42. The quantitative estimate of drug-likeness (QED) is 0.655. The average molecular weight is 245 g/mol. The van der Waals surface area contributed by atoms with Crippen LogP contribution < -0.4 is 5.32 Å². The zero-order valence-electron chi connectivity index (χ0n) is 10.7. The Balaban J connectivity index is 2.22. The molecule has 3 nitrogen and oxygen atoms in total. The van der Waals surface area contributed by atoms with Crippen LogP contribution in [0.15, 0.2) is 36.9 Å². The normalized spacial score (nSPS) is 21.6. The second kappa shape index (κ2) is 5.71. The molecule has 1 aromatic carbocycles. The summed E-state index contributed by atoms with van der Waals surface area (Å²) in [6.07, 6.45) is 3.34. The first-order valence-corrected chi connectivity index (χ1v) is 6.38. The van der Waals surface area contributed by atoms with Gasteiger partial charge in [-0.2, -0.15) is 0 Å². The SMILES string of the molecule is C=CC[C@@H]1Nc2ccccc2C[C@@H]1C(=O)OCC. The molecule has 2 atom stereocenters. The van der Waals surface area contributed by atoms with Crippen molar-refractivity contribution in [3.8, 4) is 0 Å². The summed E-state index contributed by atoms with van der Waals surface area (Å²) in [7, 11) is 0. The van der Waals surface area contributed by atoms with Crippen molar-refractivity contribution in [2.75, 3.05) is 11.9 Å². The monoisotopic (exact) mass is 245 g/mol. The Labute approximate surface area is 108 Å². The predicted octanol–water partition coefficient (Wildman–Crippen LogP) is 2.78. The highest BCUT2D eigenvalue weighted by atomic mass is 16.5. The molecule has 0 saturated heterocycles. The zero-order chi connectivity index (χ0) is 13.0. The lowest BCUT2D eigenvalue weighted by Gasteiger charge is -2.32. The third kappa shape index (κ3) is 2.55. The molecule has 1 aliphatic rings. The molecule has 96 valence electrons. The minimum atomic E-state index is -0.127. The van der Waals surface area contributed by atoms with Crippen LogP contribution in [0.25, 0.3) is 0 Å². The van der Waals surface area contributed by atoms with Crippen molar-refractivity contribution in [1.29, 1.82) is 0 Å². The van der Waals surface area contributed by atoms with Gasteiger partial charge in [-0.3, -0.25) is 4.79 Å². The van der Waals surface area contributed by atoms with Gasteiger partial charge in [0.05, 0.1) is 12.5 Å². The van der Waals surface area contributed by atoms with Crippen molar-refractivity contribution in [2.24, 2.45) is 5.92 Å². The summed E-state index contributed by atoms with van der Waals surface area (Å²) in [6.45, 7) is 6.02. The maximum Gasteiger partial charge on any atom is 0.311 e. The van der Waals surface area contributed by atoms with Crippen molar-refractivity contribution in [2.45, 2.75) is 25.8 Å². The van der Waals surface area contributed by atoms with Crippen LogP contribution in [-0.4, -0.2) is 18.6 Å². The molecule has 0 saturated carbocycles. The number of para-hydroxylation sites is 1. The first-order chi connectivity index (χ1) is 8.76. The van der Waals surface area contributed by atoms with Crippen molar-refractivity contribution >= 4 is 11.7 Å². The van der Waals surface area contributed by atoms with Crippen molar-refractivity contribution in [3.63, 3.8) is 0 Å². The van der Waals surface area contributed by atoms with E-state index in [4.69, 9.17) is 4.74 Å². The van der Waals surface area contributed by atoms with Gasteiger partial charge in [0.15, 0.2) is 0 Å². The molecule has 18 heavy (non-hydrogen) atoms. The van der Waals surface area contributed by atoms with Crippen molar-refractivity contribution < 1.29 is 9.53 Å². The Kier molecular flexibility index (Phi) is 4.03. The molecule has 3 heteroatoms. The van der Waals surface area contributed by atoms with E-state index in [1.807, 2.05) is 31.2 Å². The molecule has 1 aliphatic heterocycles. The predicted molar refractivity (Wildman–Crippen MR) is 72.5 cm³/mol. The lowest BCUT2D eigenvalue weighted by atomic mass is 9.85. The van der Waals surface area contributed by atoms with Gasteiger partial charge in [-0.05, 0) is 31.4 Å². The van der Waals surface area contributed by atoms with Gasteiger partial charge >= 0.3 is 5.97 Å². The van der Waals surface area contributed by atoms with Gasteiger partial charge < -0.3 is 10.1 Å². The topological polar surface area (TPSA) is 38.3 Å². The summed E-state index contributed by atoms with van der Waals surface area (Å²) in [5.41, 5.74) is 2.29. The summed E-state index contributed by atoms with van der Waals surface area (Å²) >= 11 is 0. The fraction of sp³-hybridized carbons (Fsp3) is 0.400. The molecule has 0 unspecified atom stereocenters. The van der Waals surface area contributed by atoms with Gasteiger partial charge in [-0.1, -0.05) is 24.3 Å².